The lowest BCUT2D eigenvalue weighted by atomic mass is 10.1. The monoisotopic (exact) mass is 307 g/mol. The minimum absolute atomic E-state index is 0.227. The maximum atomic E-state index is 13.3. The zero-order chi connectivity index (χ0) is 15.2. The third-order valence-electron chi connectivity index (χ3n) is 3.30. The second kappa shape index (κ2) is 7.32. The number of anilines is 1. The number of aryl methyl sites for hydroxylation is 1. The van der Waals surface area contributed by atoms with Crippen molar-refractivity contribution >= 4 is 17.3 Å². The molecule has 0 radical (unpaired) electrons. The molecule has 2 aromatic rings. The van der Waals surface area contributed by atoms with Crippen molar-refractivity contribution in [2.75, 3.05) is 12.4 Å². The standard InChI is InChI=1S/C17H19ClFNO/c1-12(20-16-10-14(18)9-15(19)11-16)3-4-13-5-7-17(21-2)8-6-13/h5-12,20H,3-4H2,1-2H3. The molecule has 0 saturated heterocycles. The number of halogens is 2. The van der Waals surface area contributed by atoms with Crippen molar-refractivity contribution in [1.82, 2.24) is 0 Å². The third-order valence-corrected chi connectivity index (χ3v) is 3.52. The Hall–Kier alpha value is -1.74. The van der Waals surface area contributed by atoms with E-state index in [0.717, 1.165) is 18.6 Å². The molecule has 0 aliphatic heterocycles. The van der Waals surface area contributed by atoms with Gasteiger partial charge in [-0.25, -0.2) is 4.39 Å². The van der Waals surface area contributed by atoms with Crippen LogP contribution in [0.2, 0.25) is 5.02 Å². The molecular formula is C17H19ClFNO. The minimum Gasteiger partial charge on any atom is -0.497 e. The van der Waals surface area contributed by atoms with Crippen LogP contribution in [0.25, 0.3) is 0 Å². The van der Waals surface area contributed by atoms with Crippen LogP contribution in [0, 0.1) is 5.82 Å². The van der Waals surface area contributed by atoms with Crippen molar-refractivity contribution in [2.45, 2.75) is 25.8 Å². The summed E-state index contributed by atoms with van der Waals surface area (Å²) in [5.74, 6) is 0.534. The second-order valence-electron chi connectivity index (χ2n) is 5.09. The van der Waals surface area contributed by atoms with Crippen molar-refractivity contribution in [3.8, 4) is 5.75 Å². The summed E-state index contributed by atoms with van der Waals surface area (Å²) in [6.45, 7) is 2.07. The number of hydrogen-bond acceptors (Lipinski definition) is 2. The largest absolute Gasteiger partial charge is 0.497 e. The van der Waals surface area contributed by atoms with Gasteiger partial charge in [-0.2, -0.15) is 0 Å². The summed E-state index contributed by atoms with van der Waals surface area (Å²) in [4.78, 5) is 0. The third kappa shape index (κ3) is 4.94. The van der Waals surface area contributed by atoms with Gasteiger partial charge in [0.05, 0.1) is 7.11 Å². The highest BCUT2D eigenvalue weighted by Gasteiger charge is 2.05. The zero-order valence-electron chi connectivity index (χ0n) is 12.2. The topological polar surface area (TPSA) is 21.3 Å². The second-order valence-corrected chi connectivity index (χ2v) is 5.53. The van der Waals surface area contributed by atoms with Gasteiger partial charge in [0.15, 0.2) is 0 Å². The molecule has 2 rings (SSSR count). The van der Waals surface area contributed by atoms with Gasteiger partial charge in [-0.1, -0.05) is 23.7 Å². The van der Waals surface area contributed by atoms with Gasteiger partial charge in [0.2, 0.25) is 0 Å². The van der Waals surface area contributed by atoms with Gasteiger partial charge in [-0.3, -0.25) is 0 Å². The summed E-state index contributed by atoms with van der Waals surface area (Å²) in [7, 11) is 1.66. The molecule has 0 spiro atoms. The first-order valence-corrected chi connectivity index (χ1v) is 7.30. The molecule has 1 unspecified atom stereocenters. The van der Waals surface area contributed by atoms with Crippen molar-refractivity contribution in [3.63, 3.8) is 0 Å². The summed E-state index contributed by atoms with van der Waals surface area (Å²) in [5.41, 5.74) is 1.96. The molecule has 1 N–H and O–H groups in total. The smallest absolute Gasteiger partial charge is 0.126 e. The highest BCUT2D eigenvalue weighted by Crippen LogP contribution is 2.20. The first-order valence-electron chi connectivity index (χ1n) is 6.92. The van der Waals surface area contributed by atoms with Crippen LogP contribution in [0.5, 0.6) is 5.75 Å². The van der Waals surface area contributed by atoms with Crippen LogP contribution in [0.3, 0.4) is 0 Å². The minimum atomic E-state index is -0.327. The maximum absolute atomic E-state index is 13.3. The predicted octanol–water partition coefficient (Wildman–Crippen LogP) is 4.92. The van der Waals surface area contributed by atoms with Gasteiger partial charge in [0.1, 0.15) is 11.6 Å². The normalized spacial score (nSPS) is 12.0. The molecule has 0 aromatic heterocycles. The van der Waals surface area contributed by atoms with Crippen LogP contribution in [-0.2, 0) is 6.42 Å². The van der Waals surface area contributed by atoms with Crippen LogP contribution >= 0.6 is 11.6 Å². The van der Waals surface area contributed by atoms with Crippen LogP contribution in [0.1, 0.15) is 18.9 Å². The molecule has 0 aliphatic rings. The number of ether oxygens (including phenoxy) is 1. The van der Waals surface area contributed by atoms with Crippen molar-refractivity contribution in [1.29, 1.82) is 0 Å². The van der Waals surface area contributed by atoms with E-state index in [1.54, 1.807) is 13.2 Å². The average molecular weight is 308 g/mol. The van der Waals surface area contributed by atoms with Crippen molar-refractivity contribution < 1.29 is 9.13 Å². The molecule has 0 bridgehead atoms. The van der Waals surface area contributed by atoms with E-state index >= 15 is 0 Å². The van der Waals surface area contributed by atoms with Gasteiger partial charge < -0.3 is 10.1 Å². The van der Waals surface area contributed by atoms with E-state index in [-0.39, 0.29) is 11.9 Å². The van der Waals surface area contributed by atoms with Crippen LogP contribution in [0.15, 0.2) is 42.5 Å². The van der Waals surface area contributed by atoms with Gasteiger partial charge >= 0.3 is 0 Å². The van der Waals surface area contributed by atoms with Crippen molar-refractivity contribution in [3.05, 3.63) is 58.9 Å². The SMILES string of the molecule is COc1ccc(CCC(C)Nc2cc(F)cc(Cl)c2)cc1. The fourth-order valence-corrected chi connectivity index (χ4v) is 2.39. The van der Waals surface area contributed by atoms with Gasteiger partial charge in [-0.15, -0.1) is 0 Å². The summed E-state index contributed by atoms with van der Waals surface area (Å²) in [6, 6.07) is 12.7. The summed E-state index contributed by atoms with van der Waals surface area (Å²) >= 11 is 5.84. The number of benzene rings is 2. The molecule has 112 valence electrons. The van der Waals surface area contributed by atoms with Crippen LogP contribution in [-0.4, -0.2) is 13.2 Å². The molecule has 2 aromatic carbocycles. The Kier molecular flexibility index (Phi) is 5.45. The number of hydrogen-bond donors (Lipinski definition) is 1. The van der Waals surface area contributed by atoms with Crippen LogP contribution in [0.4, 0.5) is 10.1 Å². The lowest BCUT2D eigenvalue weighted by Gasteiger charge is -2.15. The molecule has 0 heterocycles. The number of methoxy groups -OCH3 is 1. The maximum Gasteiger partial charge on any atom is 0.126 e. The highest BCUT2D eigenvalue weighted by molar-refractivity contribution is 6.30. The molecule has 1 atom stereocenters. The highest BCUT2D eigenvalue weighted by atomic mass is 35.5. The Morgan fingerprint density at radius 2 is 1.90 bits per heavy atom. The van der Waals surface area contributed by atoms with Crippen molar-refractivity contribution in [2.24, 2.45) is 0 Å². The lowest BCUT2D eigenvalue weighted by molar-refractivity contribution is 0.414. The molecule has 0 aliphatic carbocycles. The predicted molar refractivity (Wildman–Crippen MR) is 85.8 cm³/mol. The molecular weight excluding hydrogens is 289 g/mol. The lowest BCUT2D eigenvalue weighted by Crippen LogP contribution is -2.16. The van der Waals surface area contributed by atoms with E-state index in [2.05, 4.69) is 24.4 Å². The van der Waals surface area contributed by atoms with Gasteiger partial charge in [0, 0.05) is 16.8 Å². The van der Waals surface area contributed by atoms with E-state index in [1.165, 1.54) is 17.7 Å². The molecule has 4 heteroatoms. The van der Waals surface area contributed by atoms with E-state index in [9.17, 15) is 4.39 Å². The van der Waals surface area contributed by atoms with Gasteiger partial charge in [-0.05, 0) is 55.7 Å². The Morgan fingerprint density at radius 1 is 1.19 bits per heavy atom. The summed E-state index contributed by atoms with van der Waals surface area (Å²) in [6.07, 6.45) is 1.89. The zero-order valence-corrected chi connectivity index (χ0v) is 13.0. The quantitative estimate of drug-likeness (QED) is 0.817. The molecule has 21 heavy (non-hydrogen) atoms. The summed E-state index contributed by atoms with van der Waals surface area (Å²) < 4.78 is 18.4. The fourth-order valence-electron chi connectivity index (χ4n) is 2.17. The molecule has 2 nitrogen and oxygen atoms in total. The van der Waals surface area contributed by atoms with E-state index < -0.39 is 0 Å². The molecule has 0 amide bonds. The Bertz CT molecular complexity index is 566. The van der Waals surface area contributed by atoms with E-state index in [1.807, 2.05) is 12.1 Å². The molecule has 0 fully saturated rings. The fraction of sp³-hybridized carbons (Fsp3) is 0.294. The van der Waals surface area contributed by atoms with E-state index in [0.29, 0.717) is 10.7 Å². The Balaban J connectivity index is 1.87. The number of nitrogens with one attached hydrogen (secondary N) is 1. The Morgan fingerprint density at radius 3 is 2.52 bits per heavy atom. The first kappa shape index (κ1) is 15.6. The molecule has 0 saturated carbocycles. The number of rotatable bonds is 6. The average Bonchev–Trinajstić information content (AvgIpc) is 2.44. The van der Waals surface area contributed by atoms with Crippen LogP contribution < -0.4 is 10.1 Å². The Labute approximate surface area is 129 Å². The summed E-state index contributed by atoms with van der Waals surface area (Å²) in [5, 5.41) is 3.67. The first-order chi connectivity index (χ1) is 10.1. The van der Waals surface area contributed by atoms with Gasteiger partial charge in [0.25, 0.3) is 0 Å². The van der Waals surface area contributed by atoms with E-state index in [4.69, 9.17) is 16.3 Å².